The van der Waals surface area contributed by atoms with Crippen molar-refractivity contribution in [3.8, 4) is 5.75 Å². The zero-order valence-electron chi connectivity index (χ0n) is 15.1. The van der Waals surface area contributed by atoms with Crippen molar-refractivity contribution < 1.29 is 17.9 Å². The summed E-state index contributed by atoms with van der Waals surface area (Å²) in [6.07, 6.45) is 1.20. The fourth-order valence-electron chi connectivity index (χ4n) is 2.83. The van der Waals surface area contributed by atoms with Crippen LogP contribution in [0.5, 0.6) is 5.75 Å². The van der Waals surface area contributed by atoms with E-state index in [1.165, 1.54) is 10.6 Å². The Morgan fingerprint density at radius 3 is 2.28 bits per heavy atom. The first-order chi connectivity index (χ1) is 11.8. The molecular formula is C17H27N3O4S. The number of nitrogens with zero attached hydrogens (tertiary/aromatic N) is 3. The number of sulfonamides is 1. The van der Waals surface area contributed by atoms with Crippen molar-refractivity contribution in [2.45, 2.75) is 13.5 Å². The molecule has 0 bridgehead atoms. The van der Waals surface area contributed by atoms with Gasteiger partial charge in [0.05, 0.1) is 19.4 Å². The van der Waals surface area contributed by atoms with Gasteiger partial charge in [0.15, 0.2) is 0 Å². The van der Waals surface area contributed by atoms with Crippen molar-refractivity contribution in [2.24, 2.45) is 0 Å². The number of amides is 1. The van der Waals surface area contributed by atoms with E-state index in [0.29, 0.717) is 45.9 Å². The number of likely N-dealkylation sites (N-methyl/N-ethyl adjacent to an activating group) is 1. The van der Waals surface area contributed by atoms with Gasteiger partial charge in [0.1, 0.15) is 5.75 Å². The maximum atomic E-state index is 12.4. The van der Waals surface area contributed by atoms with Crippen LogP contribution < -0.4 is 4.74 Å². The van der Waals surface area contributed by atoms with Crippen molar-refractivity contribution in [1.82, 2.24) is 14.1 Å². The fraction of sp³-hybridized carbons (Fsp3) is 0.588. The number of hydrogen-bond acceptors (Lipinski definition) is 5. The maximum absolute atomic E-state index is 12.4. The van der Waals surface area contributed by atoms with Gasteiger partial charge in [0.2, 0.25) is 15.9 Å². The standard InChI is InChI=1S/C17H27N3O4S/c1-4-24-16-7-5-15(6-8-16)13-18(2)14-17(21)19-9-11-20(12-10-19)25(3,22)23/h5-8H,4,9-14H2,1-3H3. The molecule has 0 aromatic heterocycles. The van der Waals surface area contributed by atoms with Crippen molar-refractivity contribution in [1.29, 1.82) is 0 Å². The highest BCUT2D eigenvalue weighted by molar-refractivity contribution is 7.88. The molecule has 0 radical (unpaired) electrons. The molecule has 25 heavy (non-hydrogen) atoms. The first-order valence-electron chi connectivity index (χ1n) is 8.42. The third-order valence-corrected chi connectivity index (χ3v) is 5.46. The Morgan fingerprint density at radius 1 is 1.16 bits per heavy atom. The summed E-state index contributed by atoms with van der Waals surface area (Å²) < 4.78 is 29.9. The van der Waals surface area contributed by atoms with E-state index in [9.17, 15) is 13.2 Å². The van der Waals surface area contributed by atoms with Crippen LogP contribution in [0.25, 0.3) is 0 Å². The lowest BCUT2D eigenvalue weighted by Gasteiger charge is -2.34. The Morgan fingerprint density at radius 2 is 1.76 bits per heavy atom. The zero-order valence-corrected chi connectivity index (χ0v) is 16.0. The third-order valence-electron chi connectivity index (χ3n) is 4.15. The third kappa shape index (κ3) is 5.98. The number of carbonyl (C=O) groups excluding carboxylic acids is 1. The van der Waals surface area contributed by atoms with E-state index in [1.807, 2.05) is 43.1 Å². The number of hydrogen-bond donors (Lipinski definition) is 0. The molecule has 0 spiro atoms. The summed E-state index contributed by atoms with van der Waals surface area (Å²) in [5.41, 5.74) is 1.11. The van der Waals surface area contributed by atoms with E-state index in [2.05, 4.69) is 0 Å². The molecule has 0 saturated carbocycles. The van der Waals surface area contributed by atoms with Gasteiger partial charge in [-0.3, -0.25) is 9.69 Å². The fourth-order valence-corrected chi connectivity index (χ4v) is 3.65. The summed E-state index contributed by atoms with van der Waals surface area (Å²) in [6, 6.07) is 7.85. The van der Waals surface area contributed by atoms with Gasteiger partial charge < -0.3 is 9.64 Å². The van der Waals surface area contributed by atoms with Gasteiger partial charge in [0.25, 0.3) is 0 Å². The van der Waals surface area contributed by atoms with Crippen LogP contribution in [0.1, 0.15) is 12.5 Å². The summed E-state index contributed by atoms with van der Waals surface area (Å²) in [6.45, 7) is 5.20. The monoisotopic (exact) mass is 369 g/mol. The van der Waals surface area contributed by atoms with Gasteiger partial charge in [-0.25, -0.2) is 8.42 Å². The smallest absolute Gasteiger partial charge is 0.236 e. The van der Waals surface area contributed by atoms with E-state index in [4.69, 9.17) is 4.74 Å². The van der Waals surface area contributed by atoms with Crippen LogP contribution in [0.15, 0.2) is 24.3 Å². The molecule has 1 heterocycles. The molecule has 140 valence electrons. The van der Waals surface area contributed by atoms with E-state index in [-0.39, 0.29) is 5.91 Å². The molecule has 0 aliphatic carbocycles. The largest absolute Gasteiger partial charge is 0.494 e. The lowest BCUT2D eigenvalue weighted by Crippen LogP contribution is -2.52. The average molecular weight is 369 g/mol. The zero-order chi connectivity index (χ0) is 18.4. The molecule has 7 nitrogen and oxygen atoms in total. The van der Waals surface area contributed by atoms with Crippen LogP contribution in [-0.4, -0.2) is 81.1 Å². The molecule has 0 atom stereocenters. The number of carbonyl (C=O) groups is 1. The van der Waals surface area contributed by atoms with Crippen molar-refractivity contribution in [2.75, 3.05) is 52.6 Å². The number of rotatable bonds is 7. The van der Waals surface area contributed by atoms with E-state index < -0.39 is 10.0 Å². The second-order valence-electron chi connectivity index (χ2n) is 6.29. The van der Waals surface area contributed by atoms with Crippen LogP contribution in [-0.2, 0) is 21.4 Å². The van der Waals surface area contributed by atoms with Gasteiger partial charge in [-0.05, 0) is 31.7 Å². The van der Waals surface area contributed by atoms with Crippen LogP contribution in [0.2, 0.25) is 0 Å². The minimum atomic E-state index is -3.17. The van der Waals surface area contributed by atoms with Crippen molar-refractivity contribution in [3.63, 3.8) is 0 Å². The van der Waals surface area contributed by atoms with Crippen LogP contribution in [0.4, 0.5) is 0 Å². The van der Waals surface area contributed by atoms with Gasteiger partial charge in [-0.15, -0.1) is 0 Å². The molecule has 1 fully saturated rings. The molecule has 1 aliphatic heterocycles. The van der Waals surface area contributed by atoms with E-state index in [1.54, 1.807) is 4.90 Å². The summed E-state index contributed by atoms with van der Waals surface area (Å²) in [5.74, 6) is 0.871. The second-order valence-corrected chi connectivity index (χ2v) is 8.27. The number of ether oxygens (including phenoxy) is 1. The van der Waals surface area contributed by atoms with Crippen LogP contribution >= 0.6 is 0 Å². The molecule has 8 heteroatoms. The van der Waals surface area contributed by atoms with Crippen molar-refractivity contribution in [3.05, 3.63) is 29.8 Å². The predicted molar refractivity (Wildman–Crippen MR) is 96.9 cm³/mol. The quantitative estimate of drug-likeness (QED) is 0.705. The van der Waals surface area contributed by atoms with Gasteiger partial charge in [-0.1, -0.05) is 12.1 Å². The summed E-state index contributed by atoms with van der Waals surface area (Å²) >= 11 is 0. The van der Waals surface area contributed by atoms with Gasteiger partial charge >= 0.3 is 0 Å². The summed E-state index contributed by atoms with van der Waals surface area (Å²) in [7, 11) is -1.27. The number of piperazine rings is 1. The van der Waals surface area contributed by atoms with Crippen LogP contribution in [0, 0.1) is 0 Å². The average Bonchev–Trinajstić information content (AvgIpc) is 2.56. The molecule has 1 aliphatic rings. The minimum absolute atomic E-state index is 0.0292. The molecular weight excluding hydrogens is 342 g/mol. The molecule has 1 aromatic rings. The highest BCUT2D eigenvalue weighted by atomic mass is 32.2. The first kappa shape index (κ1) is 19.7. The van der Waals surface area contributed by atoms with Gasteiger partial charge in [0, 0.05) is 32.7 Å². The molecule has 1 amide bonds. The summed E-state index contributed by atoms with van der Waals surface area (Å²) in [4.78, 5) is 16.1. The number of benzene rings is 1. The first-order valence-corrected chi connectivity index (χ1v) is 10.3. The SMILES string of the molecule is CCOc1ccc(CN(C)CC(=O)N2CCN(S(C)(=O)=O)CC2)cc1. The Hall–Kier alpha value is -1.64. The van der Waals surface area contributed by atoms with Gasteiger partial charge in [-0.2, -0.15) is 4.31 Å². The molecule has 1 saturated heterocycles. The van der Waals surface area contributed by atoms with E-state index in [0.717, 1.165) is 11.3 Å². The second kappa shape index (κ2) is 8.64. The molecule has 1 aromatic carbocycles. The Labute approximate surface area is 150 Å². The molecule has 0 N–H and O–H groups in total. The highest BCUT2D eigenvalue weighted by Crippen LogP contribution is 2.13. The highest BCUT2D eigenvalue weighted by Gasteiger charge is 2.26. The topological polar surface area (TPSA) is 70.2 Å². The minimum Gasteiger partial charge on any atom is -0.494 e. The lowest BCUT2D eigenvalue weighted by molar-refractivity contribution is -0.133. The normalized spacial score (nSPS) is 16.2. The van der Waals surface area contributed by atoms with E-state index >= 15 is 0 Å². The Bertz CT molecular complexity index is 668. The molecule has 0 unspecified atom stereocenters. The lowest BCUT2D eigenvalue weighted by atomic mass is 10.2. The molecule has 2 rings (SSSR count). The maximum Gasteiger partial charge on any atom is 0.236 e. The Kier molecular flexibility index (Phi) is 6.80. The summed E-state index contributed by atoms with van der Waals surface area (Å²) in [5, 5.41) is 0. The Balaban J connectivity index is 1.80. The van der Waals surface area contributed by atoms with Crippen LogP contribution in [0.3, 0.4) is 0 Å². The predicted octanol–water partition coefficient (Wildman–Crippen LogP) is 0.621. The van der Waals surface area contributed by atoms with Crippen molar-refractivity contribution >= 4 is 15.9 Å².